The van der Waals surface area contributed by atoms with Gasteiger partial charge in [-0.15, -0.1) is 0 Å². The minimum absolute atomic E-state index is 0.447. The fourth-order valence-corrected chi connectivity index (χ4v) is 1.29. The molecule has 1 aromatic heterocycles. The summed E-state index contributed by atoms with van der Waals surface area (Å²) in [5, 5.41) is 40.2. The molecule has 0 fully saturated rings. The Hall–Kier alpha value is -3.63. The lowest BCUT2D eigenvalue weighted by molar-refractivity contribution is -0.404. The molecule has 1 N–H and O–H groups in total. The monoisotopic (exact) mass is 308 g/mol. The third-order valence-corrected chi connectivity index (χ3v) is 2.23. The molecule has 0 atom stereocenters. The molecule has 0 amide bonds. The van der Waals surface area contributed by atoms with E-state index in [-0.39, 0.29) is 0 Å². The van der Waals surface area contributed by atoms with Crippen molar-refractivity contribution in [1.29, 1.82) is 0 Å². The van der Waals surface area contributed by atoms with Crippen molar-refractivity contribution in [3.8, 4) is 5.75 Å². The smallest absolute Gasteiger partial charge is 0.324 e. The molecule has 114 valence electrons. The van der Waals surface area contributed by atoms with Gasteiger partial charge in [0.25, 0.3) is 11.4 Å². The average Bonchev–Trinajstić information content (AvgIpc) is 2.49. The highest BCUT2D eigenvalue weighted by atomic mass is 16.6. The second-order valence-electron chi connectivity index (χ2n) is 3.63. The van der Waals surface area contributed by atoms with Gasteiger partial charge in [0.15, 0.2) is 0 Å². The molecule has 1 heterocycles. The predicted octanol–water partition coefficient (Wildman–Crippen LogP) is 2.20. The number of pyridine rings is 1. The topological polar surface area (TPSA) is 163 Å². The summed E-state index contributed by atoms with van der Waals surface area (Å²) in [4.78, 5) is 31.6. The fourth-order valence-electron chi connectivity index (χ4n) is 1.29. The highest BCUT2D eigenvalue weighted by molar-refractivity contribution is 5.64. The van der Waals surface area contributed by atoms with Gasteiger partial charge in [0.05, 0.1) is 26.9 Å². The molecule has 0 radical (unpaired) electrons. The Morgan fingerprint density at radius 3 is 1.50 bits per heavy atom. The molecule has 0 aliphatic rings. The zero-order chi connectivity index (χ0) is 16.7. The van der Waals surface area contributed by atoms with E-state index < -0.39 is 37.6 Å². The second-order valence-corrected chi connectivity index (χ2v) is 3.63. The van der Waals surface area contributed by atoms with Crippen LogP contribution in [0.4, 0.5) is 17.1 Å². The average molecular weight is 308 g/mol. The molecule has 1 aromatic carbocycles. The Kier molecular flexibility index (Phi) is 5.40. The second kappa shape index (κ2) is 7.23. The van der Waals surface area contributed by atoms with E-state index in [1.54, 1.807) is 12.4 Å². The van der Waals surface area contributed by atoms with E-state index in [4.69, 9.17) is 5.11 Å². The number of hydrogen-bond acceptors (Lipinski definition) is 8. The molecule has 0 aliphatic carbocycles. The lowest BCUT2D eigenvalue weighted by Gasteiger charge is -1.97. The van der Waals surface area contributed by atoms with E-state index in [1.807, 2.05) is 18.2 Å². The van der Waals surface area contributed by atoms with Crippen LogP contribution in [0, 0.1) is 30.3 Å². The number of rotatable bonds is 3. The first-order valence-electron chi connectivity index (χ1n) is 5.49. The van der Waals surface area contributed by atoms with E-state index in [2.05, 4.69) is 4.98 Å². The first-order chi connectivity index (χ1) is 10.3. The quantitative estimate of drug-likeness (QED) is 0.665. The molecule has 11 heteroatoms. The summed E-state index contributed by atoms with van der Waals surface area (Å²) < 4.78 is 0. The number of nitrogens with zero attached hydrogens (tertiary/aromatic N) is 4. The van der Waals surface area contributed by atoms with Gasteiger partial charge in [-0.05, 0) is 12.1 Å². The van der Waals surface area contributed by atoms with Gasteiger partial charge >= 0.3 is 11.4 Å². The molecular formula is C11H8N4O7. The van der Waals surface area contributed by atoms with Crippen LogP contribution in [0.25, 0.3) is 0 Å². The Morgan fingerprint density at radius 2 is 1.27 bits per heavy atom. The SMILES string of the molecule is O=[N+]([O-])c1cc([N+](=O)[O-])c(O)c([N+](=O)[O-])c1.c1ccncc1. The Balaban J connectivity index is 0.000000335. The van der Waals surface area contributed by atoms with Crippen molar-refractivity contribution >= 4 is 17.1 Å². The number of phenols is 1. The Morgan fingerprint density at radius 1 is 0.818 bits per heavy atom. The molecule has 0 bridgehead atoms. The zero-order valence-corrected chi connectivity index (χ0v) is 10.7. The van der Waals surface area contributed by atoms with Gasteiger partial charge in [0.2, 0.25) is 0 Å². The summed E-state index contributed by atoms with van der Waals surface area (Å²) in [6.45, 7) is 0. The predicted molar refractivity (Wildman–Crippen MR) is 72.3 cm³/mol. The van der Waals surface area contributed by atoms with Crippen LogP contribution in [-0.4, -0.2) is 24.9 Å². The number of nitro benzene ring substituents is 3. The maximum atomic E-state index is 10.4. The lowest BCUT2D eigenvalue weighted by Crippen LogP contribution is -1.97. The number of aromatic nitrogens is 1. The van der Waals surface area contributed by atoms with Gasteiger partial charge in [-0.3, -0.25) is 35.3 Å². The number of benzene rings is 1. The van der Waals surface area contributed by atoms with Gasteiger partial charge in [0, 0.05) is 12.4 Å². The summed E-state index contributed by atoms with van der Waals surface area (Å²) >= 11 is 0. The van der Waals surface area contributed by atoms with E-state index in [0.29, 0.717) is 12.1 Å². The van der Waals surface area contributed by atoms with Crippen molar-refractivity contribution in [2.24, 2.45) is 0 Å². The van der Waals surface area contributed by atoms with Crippen LogP contribution in [0.5, 0.6) is 5.75 Å². The van der Waals surface area contributed by atoms with Crippen LogP contribution in [0.3, 0.4) is 0 Å². The minimum atomic E-state index is -1.21. The van der Waals surface area contributed by atoms with Gasteiger partial charge in [0.1, 0.15) is 0 Å². The van der Waals surface area contributed by atoms with Crippen molar-refractivity contribution in [1.82, 2.24) is 4.98 Å². The van der Waals surface area contributed by atoms with Crippen molar-refractivity contribution in [3.05, 3.63) is 73.1 Å². The van der Waals surface area contributed by atoms with Crippen molar-refractivity contribution in [3.63, 3.8) is 0 Å². The highest BCUT2D eigenvalue weighted by Crippen LogP contribution is 2.38. The Bertz CT molecular complexity index is 643. The normalized spacial score (nSPS) is 9.27. The van der Waals surface area contributed by atoms with Crippen LogP contribution < -0.4 is 0 Å². The van der Waals surface area contributed by atoms with Crippen LogP contribution in [0.15, 0.2) is 42.7 Å². The first kappa shape index (κ1) is 16.4. The number of phenolic OH excluding ortho intramolecular Hbond substituents is 1. The summed E-state index contributed by atoms with van der Waals surface area (Å²) in [6.07, 6.45) is 3.50. The third-order valence-electron chi connectivity index (χ3n) is 2.23. The maximum Gasteiger partial charge on any atom is 0.324 e. The molecule has 11 nitrogen and oxygen atoms in total. The molecule has 0 saturated carbocycles. The summed E-state index contributed by atoms with van der Waals surface area (Å²) in [6, 6.07) is 6.61. The largest absolute Gasteiger partial charge is 0.497 e. The Labute approximate surface area is 121 Å². The third kappa shape index (κ3) is 4.19. The summed E-state index contributed by atoms with van der Waals surface area (Å²) in [5.41, 5.74) is -3.00. The number of non-ortho nitro benzene ring substituents is 1. The molecule has 0 aliphatic heterocycles. The molecular weight excluding hydrogens is 300 g/mol. The fraction of sp³-hybridized carbons (Fsp3) is 0. The number of nitro groups is 3. The van der Waals surface area contributed by atoms with Crippen LogP contribution >= 0.6 is 0 Å². The maximum absolute atomic E-state index is 10.4. The minimum Gasteiger partial charge on any atom is -0.497 e. The van der Waals surface area contributed by atoms with Gasteiger partial charge < -0.3 is 5.11 Å². The van der Waals surface area contributed by atoms with Crippen LogP contribution in [0.2, 0.25) is 0 Å². The summed E-state index contributed by atoms with van der Waals surface area (Å²) in [5.74, 6) is -1.21. The molecule has 0 saturated heterocycles. The van der Waals surface area contributed by atoms with Gasteiger partial charge in [-0.2, -0.15) is 0 Å². The molecule has 2 aromatic rings. The van der Waals surface area contributed by atoms with E-state index in [1.165, 1.54) is 0 Å². The molecule has 0 unspecified atom stereocenters. The molecule has 2 rings (SSSR count). The molecule has 22 heavy (non-hydrogen) atoms. The molecule has 0 spiro atoms. The summed E-state index contributed by atoms with van der Waals surface area (Å²) in [7, 11) is 0. The standard InChI is InChI=1S/C6H3N3O7.C5H5N/c10-6-4(8(13)14)1-3(7(11)12)2-5(6)9(15)16;1-2-4-6-5-3-1/h1-2,10H;1-5H. The van der Waals surface area contributed by atoms with Crippen LogP contribution in [-0.2, 0) is 0 Å². The number of aromatic hydroxyl groups is 1. The lowest BCUT2D eigenvalue weighted by atomic mass is 10.2. The van der Waals surface area contributed by atoms with E-state index in [9.17, 15) is 30.3 Å². The number of hydrogen-bond donors (Lipinski definition) is 1. The van der Waals surface area contributed by atoms with Gasteiger partial charge in [-0.25, -0.2) is 0 Å². The zero-order valence-electron chi connectivity index (χ0n) is 10.7. The highest BCUT2D eigenvalue weighted by Gasteiger charge is 2.30. The van der Waals surface area contributed by atoms with Gasteiger partial charge in [-0.1, -0.05) is 6.07 Å². The van der Waals surface area contributed by atoms with E-state index in [0.717, 1.165) is 0 Å². The van der Waals surface area contributed by atoms with E-state index >= 15 is 0 Å². The van der Waals surface area contributed by atoms with Crippen molar-refractivity contribution in [2.75, 3.05) is 0 Å². The van der Waals surface area contributed by atoms with Crippen molar-refractivity contribution < 1.29 is 19.9 Å². The van der Waals surface area contributed by atoms with Crippen molar-refractivity contribution in [2.45, 2.75) is 0 Å². The first-order valence-corrected chi connectivity index (χ1v) is 5.49. The van der Waals surface area contributed by atoms with Crippen LogP contribution in [0.1, 0.15) is 0 Å².